The molecule has 1 saturated carbocycles. The summed E-state index contributed by atoms with van der Waals surface area (Å²) in [6.07, 6.45) is 2.56. The van der Waals surface area contributed by atoms with Gasteiger partial charge in [0, 0.05) is 35.7 Å². The van der Waals surface area contributed by atoms with Crippen LogP contribution in [-0.4, -0.2) is 38.3 Å². The minimum Gasteiger partial charge on any atom is -0.366 e. The van der Waals surface area contributed by atoms with Gasteiger partial charge in [-0.3, -0.25) is 9.59 Å². The maximum absolute atomic E-state index is 14.0. The van der Waals surface area contributed by atoms with E-state index in [9.17, 15) is 14.0 Å². The van der Waals surface area contributed by atoms with Crippen molar-refractivity contribution in [2.75, 3.05) is 0 Å². The van der Waals surface area contributed by atoms with Gasteiger partial charge in [-0.25, -0.2) is 9.37 Å². The highest BCUT2D eigenvalue weighted by Crippen LogP contribution is 2.50. The molecule has 1 aliphatic carbocycles. The molecular weight excluding hydrogens is 475 g/mol. The van der Waals surface area contributed by atoms with Gasteiger partial charge < -0.3 is 15.2 Å². The topological polar surface area (TPSA) is 81.2 Å². The molecule has 6 nitrogen and oxygen atoms in total. The van der Waals surface area contributed by atoms with Gasteiger partial charge >= 0.3 is 0 Å². The maximum Gasteiger partial charge on any atom is 0.274 e. The molecule has 184 valence electrons. The monoisotopic (exact) mass is 502 g/mol. The first-order chi connectivity index (χ1) is 17.2. The molecule has 1 aliphatic heterocycles. The third-order valence-corrected chi connectivity index (χ3v) is 8.80. The Kier molecular flexibility index (Phi) is 5.26. The highest BCUT2D eigenvalue weighted by molar-refractivity contribution is 7.15. The summed E-state index contributed by atoms with van der Waals surface area (Å²) in [5, 5.41) is 1.65. The Morgan fingerprint density at radius 1 is 1.17 bits per heavy atom. The van der Waals surface area contributed by atoms with Crippen molar-refractivity contribution in [2.24, 2.45) is 18.7 Å². The second kappa shape index (κ2) is 8.27. The number of aromatic nitrogens is 2. The number of halogens is 1. The van der Waals surface area contributed by atoms with Gasteiger partial charge in [-0.05, 0) is 68.4 Å². The number of hydrogen-bond acceptors (Lipinski definition) is 4. The van der Waals surface area contributed by atoms with Crippen LogP contribution in [0, 0.1) is 25.6 Å². The number of rotatable bonds is 5. The zero-order valence-corrected chi connectivity index (χ0v) is 21.2. The van der Waals surface area contributed by atoms with E-state index in [-0.39, 0.29) is 23.8 Å². The van der Waals surface area contributed by atoms with E-state index in [0.29, 0.717) is 34.0 Å². The Balaban J connectivity index is 1.38. The number of aryl methyl sites for hydroxylation is 2. The smallest absolute Gasteiger partial charge is 0.274 e. The molecule has 2 N–H and O–H groups in total. The van der Waals surface area contributed by atoms with E-state index in [1.807, 2.05) is 54.6 Å². The van der Waals surface area contributed by atoms with E-state index >= 15 is 0 Å². The number of carbonyl (C=O) groups excluding carboxylic acids is 2. The summed E-state index contributed by atoms with van der Waals surface area (Å²) < 4.78 is 16.0. The molecule has 2 fully saturated rings. The quantitative estimate of drug-likeness (QED) is 0.417. The van der Waals surface area contributed by atoms with Gasteiger partial charge in [0.25, 0.3) is 11.8 Å². The van der Waals surface area contributed by atoms with Crippen LogP contribution in [0.2, 0.25) is 0 Å². The number of likely N-dealkylation sites (tertiary alicyclic amines) is 1. The van der Waals surface area contributed by atoms with Crippen LogP contribution in [0.1, 0.15) is 50.0 Å². The van der Waals surface area contributed by atoms with Crippen LogP contribution in [-0.2, 0) is 13.5 Å². The van der Waals surface area contributed by atoms with Gasteiger partial charge in [0.2, 0.25) is 0 Å². The first-order valence-electron chi connectivity index (χ1n) is 12.2. The van der Waals surface area contributed by atoms with Gasteiger partial charge in [-0.15, -0.1) is 11.3 Å². The van der Waals surface area contributed by atoms with Crippen LogP contribution >= 0.6 is 11.3 Å². The summed E-state index contributed by atoms with van der Waals surface area (Å²) in [7, 11) is 1.94. The maximum atomic E-state index is 14.0. The van der Waals surface area contributed by atoms with Gasteiger partial charge in [-0.1, -0.05) is 24.3 Å². The van der Waals surface area contributed by atoms with Crippen LogP contribution < -0.4 is 5.73 Å². The zero-order chi connectivity index (χ0) is 25.3. The summed E-state index contributed by atoms with van der Waals surface area (Å²) in [5.74, 6) is -0.385. The summed E-state index contributed by atoms with van der Waals surface area (Å²) in [6.45, 7) is 3.78. The Morgan fingerprint density at radius 2 is 1.94 bits per heavy atom. The van der Waals surface area contributed by atoms with E-state index in [4.69, 9.17) is 5.73 Å². The molecule has 2 aromatic carbocycles. The fourth-order valence-corrected chi connectivity index (χ4v) is 6.89. The SMILES string of the molecule is Cc1nc(C(=O)N2[C@H](Cc3cccc4c3c(C(N)=O)c(C)n4C)C[C@@H]3C[C@@H]32)c(-c2cccc(F)c2)s1. The van der Waals surface area contributed by atoms with Crippen molar-refractivity contribution in [3.05, 3.63) is 75.8 Å². The predicted octanol–water partition coefficient (Wildman–Crippen LogP) is 5.00. The Labute approximate surface area is 212 Å². The second-order valence-corrected chi connectivity index (χ2v) is 11.2. The summed E-state index contributed by atoms with van der Waals surface area (Å²) in [4.78, 5) is 33.6. The molecule has 0 bridgehead atoms. The number of primary amides is 1. The molecule has 36 heavy (non-hydrogen) atoms. The number of amides is 2. The van der Waals surface area contributed by atoms with Crippen molar-refractivity contribution in [1.82, 2.24) is 14.5 Å². The highest BCUT2D eigenvalue weighted by atomic mass is 32.1. The first kappa shape index (κ1) is 22.9. The molecule has 8 heteroatoms. The van der Waals surface area contributed by atoms with Gasteiger partial charge in [-0.2, -0.15) is 0 Å². The number of nitrogens with zero attached hydrogens (tertiary/aromatic N) is 3. The summed E-state index contributed by atoms with van der Waals surface area (Å²) >= 11 is 1.42. The van der Waals surface area contributed by atoms with Crippen LogP contribution in [0.5, 0.6) is 0 Å². The number of hydrogen-bond donors (Lipinski definition) is 1. The standard InChI is InChI=1S/C28H27FN4O2S/c1-14-23(27(30)34)24-16(6-5-9-21(24)32(14)3)11-20-12-18-13-22(18)33(20)28(35)25-26(36-15(2)31-25)17-7-4-8-19(29)10-17/h4-10,18,20,22H,11-13H2,1-3H3,(H2,30,34)/t18-,20-,22+/m1/s1. The van der Waals surface area contributed by atoms with E-state index < -0.39 is 5.91 Å². The van der Waals surface area contributed by atoms with E-state index in [1.54, 1.807) is 6.07 Å². The predicted molar refractivity (Wildman–Crippen MR) is 139 cm³/mol. The normalized spacial score (nSPS) is 20.7. The zero-order valence-electron chi connectivity index (χ0n) is 20.4. The lowest BCUT2D eigenvalue weighted by atomic mass is 9.96. The van der Waals surface area contributed by atoms with E-state index in [0.717, 1.165) is 40.0 Å². The molecule has 2 aromatic heterocycles. The lowest BCUT2D eigenvalue weighted by molar-refractivity contribution is 0.0695. The Morgan fingerprint density at radius 3 is 2.69 bits per heavy atom. The van der Waals surface area contributed by atoms with Crippen LogP contribution in [0.15, 0.2) is 42.5 Å². The summed E-state index contributed by atoms with van der Waals surface area (Å²) in [5.41, 5.74) is 10.2. The fourth-order valence-electron chi connectivity index (χ4n) is 5.99. The van der Waals surface area contributed by atoms with E-state index in [2.05, 4.69) is 4.98 Å². The molecule has 3 atom stereocenters. The van der Waals surface area contributed by atoms with Gasteiger partial charge in [0.15, 0.2) is 0 Å². The molecule has 0 radical (unpaired) electrons. The number of fused-ring (bicyclic) bond motifs is 2. The van der Waals surface area contributed by atoms with Crippen molar-refractivity contribution < 1.29 is 14.0 Å². The average molecular weight is 503 g/mol. The van der Waals surface area contributed by atoms with Crippen molar-refractivity contribution in [1.29, 1.82) is 0 Å². The molecule has 0 unspecified atom stereocenters. The molecule has 2 aliphatic rings. The number of nitrogens with two attached hydrogens (primary N) is 1. The summed E-state index contributed by atoms with van der Waals surface area (Å²) in [6, 6.07) is 12.6. The van der Waals surface area contributed by atoms with Gasteiger partial charge in [0.05, 0.1) is 15.4 Å². The minimum atomic E-state index is -0.439. The van der Waals surface area contributed by atoms with Crippen LogP contribution in [0.4, 0.5) is 4.39 Å². The van der Waals surface area contributed by atoms with Crippen molar-refractivity contribution in [2.45, 2.75) is 45.2 Å². The van der Waals surface area contributed by atoms with E-state index in [1.165, 1.54) is 23.5 Å². The number of carbonyl (C=O) groups is 2. The highest BCUT2D eigenvalue weighted by Gasteiger charge is 2.54. The first-order valence-corrected chi connectivity index (χ1v) is 13.0. The molecule has 0 spiro atoms. The molecule has 1 saturated heterocycles. The number of piperidine rings is 1. The van der Waals surface area contributed by atoms with Gasteiger partial charge in [0.1, 0.15) is 11.5 Å². The molecule has 2 amide bonds. The third-order valence-electron chi connectivity index (χ3n) is 7.78. The average Bonchev–Trinajstić information content (AvgIpc) is 3.20. The Hall–Kier alpha value is -3.52. The largest absolute Gasteiger partial charge is 0.366 e. The molecule has 3 heterocycles. The lowest BCUT2D eigenvalue weighted by Gasteiger charge is -2.28. The third kappa shape index (κ3) is 3.54. The van der Waals surface area contributed by atoms with Crippen LogP contribution in [0.3, 0.4) is 0 Å². The van der Waals surface area contributed by atoms with Crippen molar-refractivity contribution >= 4 is 34.1 Å². The van der Waals surface area contributed by atoms with Crippen molar-refractivity contribution in [3.63, 3.8) is 0 Å². The molecule has 6 rings (SSSR count). The second-order valence-electron chi connectivity index (χ2n) is 9.99. The lowest BCUT2D eigenvalue weighted by Crippen LogP contribution is -2.40. The number of benzene rings is 2. The molecular formula is C28H27FN4O2S. The Bertz CT molecular complexity index is 1550. The number of thiazole rings is 1. The fraction of sp³-hybridized carbons (Fsp3) is 0.321. The molecule has 4 aromatic rings. The van der Waals surface area contributed by atoms with Crippen LogP contribution in [0.25, 0.3) is 21.3 Å². The van der Waals surface area contributed by atoms with Crippen molar-refractivity contribution in [3.8, 4) is 10.4 Å². The minimum absolute atomic E-state index is 0.00421.